The molecule has 100 valence electrons. The summed E-state index contributed by atoms with van der Waals surface area (Å²) in [5.74, 6) is 3.20. The van der Waals surface area contributed by atoms with Crippen molar-refractivity contribution in [3.8, 4) is 0 Å². The Morgan fingerprint density at radius 3 is 2.47 bits per heavy atom. The third-order valence-electron chi connectivity index (χ3n) is 4.76. The maximum atomic E-state index is 4.27. The molecule has 2 atom stereocenters. The highest BCUT2D eigenvalue weighted by Crippen LogP contribution is 2.35. The maximum absolute atomic E-state index is 4.27. The van der Waals surface area contributed by atoms with Crippen molar-refractivity contribution in [1.29, 1.82) is 0 Å². The number of hydrogen-bond donors (Lipinski definition) is 1. The van der Waals surface area contributed by atoms with E-state index in [9.17, 15) is 0 Å². The molecule has 1 saturated heterocycles. The SMILES string of the molecule is SCCCCCCN1CCC2CCCCC2C1. The Hall–Kier alpha value is 0.310. The molecule has 1 aliphatic carbocycles. The van der Waals surface area contributed by atoms with Gasteiger partial charge >= 0.3 is 0 Å². The molecule has 17 heavy (non-hydrogen) atoms. The second kappa shape index (κ2) is 7.68. The molecular weight excluding hydrogens is 226 g/mol. The van der Waals surface area contributed by atoms with Crippen LogP contribution in [0, 0.1) is 11.8 Å². The predicted molar refractivity (Wildman–Crippen MR) is 78.8 cm³/mol. The molecular formula is C15H29NS. The third kappa shape index (κ3) is 4.48. The smallest absolute Gasteiger partial charge is 0.00123 e. The fraction of sp³-hybridized carbons (Fsp3) is 1.00. The van der Waals surface area contributed by atoms with E-state index in [4.69, 9.17) is 0 Å². The summed E-state index contributed by atoms with van der Waals surface area (Å²) in [4.78, 5) is 2.74. The minimum absolute atomic E-state index is 1.05. The molecule has 2 heteroatoms. The lowest BCUT2D eigenvalue weighted by Gasteiger charge is -2.41. The molecule has 0 bridgehead atoms. The summed E-state index contributed by atoms with van der Waals surface area (Å²) in [7, 11) is 0. The minimum Gasteiger partial charge on any atom is -0.303 e. The van der Waals surface area contributed by atoms with Gasteiger partial charge in [-0.25, -0.2) is 0 Å². The molecule has 2 aliphatic rings. The molecule has 0 N–H and O–H groups in total. The number of likely N-dealkylation sites (tertiary alicyclic amines) is 1. The van der Waals surface area contributed by atoms with Crippen LogP contribution in [0.2, 0.25) is 0 Å². The van der Waals surface area contributed by atoms with Crippen LogP contribution in [0.3, 0.4) is 0 Å². The van der Waals surface area contributed by atoms with Crippen molar-refractivity contribution in [2.24, 2.45) is 11.8 Å². The van der Waals surface area contributed by atoms with E-state index in [-0.39, 0.29) is 0 Å². The van der Waals surface area contributed by atoms with E-state index in [0.717, 1.165) is 17.6 Å². The van der Waals surface area contributed by atoms with Crippen molar-refractivity contribution in [1.82, 2.24) is 4.90 Å². The Balaban J connectivity index is 1.59. The zero-order valence-corrected chi connectivity index (χ0v) is 12.1. The Morgan fingerprint density at radius 1 is 0.882 bits per heavy atom. The lowest BCUT2D eigenvalue weighted by molar-refractivity contribution is 0.0857. The normalized spacial score (nSPS) is 30.2. The van der Waals surface area contributed by atoms with Gasteiger partial charge in [0.2, 0.25) is 0 Å². The Labute approximate surface area is 113 Å². The van der Waals surface area contributed by atoms with Crippen LogP contribution < -0.4 is 0 Å². The number of rotatable bonds is 6. The average molecular weight is 255 g/mol. The van der Waals surface area contributed by atoms with Gasteiger partial charge in [-0.1, -0.05) is 32.1 Å². The quantitative estimate of drug-likeness (QED) is 0.555. The number of fused-ring (bicyclic) bond motifs is 1. The maximum Gasteiger partial charge on any atom is 0.00123 e. The predicted octanol–water partition coefficient (Wildman–Crippen LogP) is 3.99. The van der Waals surface area contributed by atoms with Crippen molar-refractivity contribution in [3.05, 3.63) is 0 Å². The highest BCUT2D eigenvalue weighted by Gasteiger charge is 2.30. The molecule has 1 nitrogen and oxygen atoms in total. The summed E-state index contributed by atoms with van der Waals surface area (Å²) in [6.45, 7) is 4.15. The Morgan fingerprint density at radius 2 is 1.65 bits per heavy atom. The largest absolute Gasteiger partial charge is 0.303 e. The van der Waals surface area contributed by atoms with Crippen LogP contribution in [0.1, 0.15) is 57.8 Å². The van der Waals surface area contributed by atoms with Crippen molar-refractivity contribution in [2.45, 2.75) is 57.8 Å². The van der Waals surface area contributed by atoms with Gasteiger partial charge in [0, 0.05) is 6.54 Å². The van der Waals surface area contributed by atoms with E-state index in [1.54, 1.807) is 0 Å². The van der Waals surface area contributed by atoms with Gasteiger partial charge in [0.1, 0.15) is 0 Å². The molecule has 0 spiro atoms. The van der Waals surface area contributed by atoms with Gasteiger partial charge in [-0.05, 0) is 56.4 Å². The highest BCUT2D eigenvalue weighted by atomic mass is 32.1. The van der Waals surface area contributed by atoms with Gasteiger partial charge in [0.15, 0.2) is 0 Å². The monoisotopic (exact) mass is 255 g/mol. The molecule has 0 aromatic heterocycles. The molecule has 0 radical (unpaired) electrons. The van der Waals surface area contributed by atoms with Gasteiger partial charge in [-0.2, -0.15) is 12.6 Å². The number of piperidine rings is 1. The number of thiol groups is 1. The highest BCUT2D eigenvalue weighted by molar-refractivity contribution is 7.80. The zero-order chi connectivity index (χ0) is 11.9. The number of unbranched alkanes of at least 4 members (excludes halogenated alkanes) is 3. The van der Waals surface area contributed by atoms with E-state index >= 15 is 0 Å². The Bertz CT molecular complexity index is 207. The van der Waals surface area contributed by atoms with Crippen molar-refractivity contribution in [3.63, 3.8) is 0 Å². The molecule has 1 aliphatic heterocycles. The summed E-state index contributed by atoms with van der Waals surface area (Å²) < 4.78 is 0. The van der Waals surface area contributed by atoms with Crippen LogP contribution >= 0.6 is 12.6 Å². The van der Waals surface area contributed by atoms with Gasteiger partial charge in [0.05, 0.1) is 0 Å². The first kappa shape index (κ1) is 13.7. The molecule has 0 aromatic carbocycles. The van der Waals surface area contributed by atoms with E-state index in [0.29, 0.717) is 0 Å². The molecule has 1 heterocycles. The minimum atomic E-state index is 1.05. The second-order valence-electron chi connectivity index (χ2n) is 6.03. The topological polar surface area (TPSA) is 3.24 Å². The Kier molecular flexibility index (Phi) is 6.21. The standard InChI is InChI=1S/C15H29NS/c17-12-6-2-1-5-10-16-11-9-14-7-3-4-8-15(14)13-16/h14-15,17H,1-13H2. The molecule has 0 aromatic rings. The van der Waals surface area contributed by atoms with Crippen molar-refractivity contribution in [2.75, 3.05) is 25.4 Å². The first-order valence-electron chi connectivity index (χ1n) is 7.73. The summed E-state index contributed by atoms with van der Waals surface area (Å²) in [6.07, 6.45) is 13.0. The van der Waals surface area contributed by atoms with E-state index in [2.05, 4.69) is 17.5 Å². The first-order valence-corrected chi connectivity index (χ1v) is 8.36. The third-order valence-corrected chi connectivity index (χ3v) is 5.07. The summed E-state index contributed by atoms with van der Waals surface area (Å²) >= 11 is 4.27. The summed E-state index contributed by atoms with van der Waals surface area (Å²) in [6, 6.07) is 0. The molecule has 2 rings (SSSR count). The van der Waals surface area contributed by atoms with Crippen LogP contribution in [0.5, 0.6) is 0 Å². The number of hydrogen-bond acceptors (Lipinski definition) is 2. The van der Waals surface area contributed by atoms with Crippen LogP contribution in [0.25, 0.3) is 0 Å². The van der Waals surface area contributed by atoms with Crippen LogP contribution in [0.4, 0.5) is 0 Å². The second-order valence-corrected chi connectivity index (χ2v) is 6.48. The average Bonchev–Trinajstić information content (AvgIpc) is 2.38. The van der Waals surface area contributed by atoms with E-state index in [1.165, 1.54) is 77.4 Å². The molecule has 2 unspecified atom stereocenters. The van der Waals surface area contributed by atoms with Gasteiger partial charge in [0.25, 0.3) is 0 Å². The fourth-order valence-corrected chi connectivity index (χ4v) is 3.90. The lowest BCUT2D eigenvalue weighted by Crippen LogP contribution is -2.42. The fourth-order valence-electron chi connectivity index (χ4n) is 3.68. The lowest BCUT2D eigenvalue weighted by atomic mass is 9.75. The van der Waals surface area contributed by atoms with Gasteiger partial charge < -0.3 is 4.90 Å². The van der Waals surface area contributed by atoms with Crippen LogP contribution in [-0.2, 0) is 0 Å². The van der Waals surface area contributed by atoms with Crippen molar-refractivity contribution < 1.29 is 0 Å². The molecule has 1 saturated carbocycles. The molecule has 0 amide bonds. The van der Waals surface area contributed by atoms with Gasteiger partial charge in [-0.3, -0.25) is 0 Å². The van der Waals surface area contributed by atoms with Crippen molar-refractivity contribution >= 4 is 12.6 Å². The number of nitrogens with zero attached hydrogens (tertiary/aromatic N) is 1. The van der Waals surface area contributed by atoms with E-state index in [1.807, 2.05) is 0 Å². The van der Waals surface area contributed by atoms with Gasteiger partial charge in [-0.15, -0.1) is 0 Å². The van der Waals surface area contributed by atoms with Crippen LogP contribution in [0.15, 0.2) is 0 Å². The summed E-state index contributed by atoms with van der Waals surface area (Å²) in [5, 5.41) is 0. The summed E-state index contributed by atoms with van der Waals surface area (Å²) in [5.41, 5.74) is 0. The molecule has 2 fully saturated rings. The zero-order valence-electron chi connectivity index (χ0n) is 11.2. The first-order chi connectivity index (χ1) is 8.40. The van der Waals surface area contributed by atoms with E-state index < -0.39 is 0 Å². The van der Waals surface area contributed by atoms with Crippen LogP contribution in [-0.4, -0.2) is 30.3 Å².